The number of hydrogen-bond donors (Lipinski definition) is 1. The molecule has 0 aromatic rings. The van der Waals surface area contributed by atoms with Gasteiger partial charge in [-0.25, -0.2) is 0 Å². The van der Waals surface area contributed by atoms with Crippen molar-refractivity contribution >= 4 is 11.9 Å². The number of carbonyl (C=O) groups is 2. The lowest BCUT2D eigenvalue weighted by Gasteiger charge is -2.59. The zero-order valence-electron chi connectivity index (χ0n) is 19.2. The summed E-state index contributed by atoms with van der Waals surface area (Å²) in [6.07, 6.45) is 8.91. The molecule has 0 bridgehead atoms. The Morgan fingerprint density at radius 1 is 1.23 bits per heavy atom. The molecule has 1 N–H and O–H groups in total. The first-order valence-electron chi connectivity index (χ1n) is 12.0. The van der Waals surface area contributed by atoms with Gasteiger partial charge in [-0.05, 0) is 68.6 Å². The maximum atomic E-state index is 11.7. The summed E-state index contributed by atoms with van der Waals surface area (Å²) in [5.41, 5.74) is 0.750. The molecule has 0 radical (unpaired) electrons. The average molecular weight is 433 g/mol. The molecule has 1 saturated heterocycles. The molecule has 5 rings (SSSR count). The van der Waals surface area contributed by atoms with Crippen LogP contribution in [0.1, 0.15) is 72.6 Å². The van der Waals surface area contributed by atoms with Crippen LogP contribution in [0.2, 0.25) is 0 Å². The Morgan fingerprint density at radius 2 is 2.00 bits per heavy atom. The van der Waals surface area contributed by atoms with Crippen molar-refractivity contribution in [2.24, 2.45) is 28.6 Å². The zero-order chi connectivity index (χ0) is 22.2. The van der Waals surface area contributed by atoms with Crippen molar-refractivity contribution in [1.82, 2.24) is 0 Å². The van der Waals surface area contributed by atoms with E-state index < -0.39 is 5.60 Å². The van der Waals surface area contributed by atoms with Gasteiger partial charge in [0.2, 0.25) is 0 Å². The van der Waals surface area contributed by atoms with Gasteiger partial charge in [0, 0.05) is 25.7 Å². The number of fused-ring (bicyclic) bond motifs is 7. The van der Waals surface area contributed by atoms with Crippen LogP contribution in [0.4, 0.5) is 0 Å². The maximum absolute atomic E-state index is 11.7. The fourth-order valence-corrected chi connectivity index (χ4v) is 8.58. The molecule has 0 aromatic heterocycles. The number of ether oxygens (including phenoxy) is 3. The van der Waals surface area contributed by atoms with Crippen LogP contribution in [0, 0.1) is 28.6 Å². The van der Waals surface area contributed by atoms with E-state index in [1.807, 2.05) is 6.92 Å². The topological polar surface area (TPSA) is 85.4 Å². The van der Waals surface area contributed by atoms with Gasteiger partial charge >= 0.3 is 11.9 Å². The summed E-state index contributed by atoms with van der Waals surface area (Å²) in [7, 11) is 0. The molecule has 0 amide bonds. The summed E-state index contributed by atoms with van der Waals surface area (Å²) in [5.74, 6) is 0.995. The van der Waals surface area contributed by atoms with E-state index in [4.69, 9.17) is 14.2 Å². The Morgan fingerprint density at radius 3 is 2.68 bits per heavy atom. The molecule has 1 heterocycles. The Labute approximate surface area is 184 Å². The van der Waals surface area contributed by atoms with E-state index in [0.717, 1.165) is 44.9 Å². The van der Waals surface area contributed by atoms with E-state index in [2.05, 4.69) is 13.0 Å². The molecule has 9 atom stereocenters. The van der Waals surface area contributed by atoms with Gasteiger partial charge in [-0.2, -0.15) is 0 Å². The maximum Gasteiger partial charge on any atom is 0.302 e. The van der Waals surface area contributed by atoms with Crippen LogP contribution < -0.4 is 0 Å². The molecule has 4 fully saturated rings. The molecule has 0 aromatic carbocycles. The first-order chi connectivity index (χ1) is 14.7. The van der Waals surface area contributed by atoms with Gasteiger partial charge in [-0.15, -0.1) is 0 Å². The van der Waals surface area contributed by atoms with Crippen LogP contribution in [0.25, 0.3) is 0 Å². The van der Waals surface area contributed by atoms with Gasteiger partial charge in [-0.3, -0.25) is 9.59 Å². The van der Waals surface area contributed by atoms with Crippen molar-refractivity contribution in [2.45, 2.75) is 96.6 Å². The van der Waals surface area contributed by atoms with Crippen molar-refractivity contribution < 1.29 is 28.9 Å². The van der Waals surface area contributed by atoms with E-state index in [9.17, 15) is 14.7 Å². The second kappa shape index (κ2) is 7.05. The third-order valence-corrected chi connectivity index (χ3v) is 9.83. The van der Waals surface area contributed by atoms with Gasteiger partial charge in [0.1, 0.15) is 17.8 Å². The highest BCUT2D eigenvalue weighted by molar-refractivity contribution is 5.66. The number of hydrogen-bond acceptors (Lipinski definition) is 6. The minimum Gasteiger partial charge on any atom is -0.462 e. The number of aliphatic hydroxyl groups is 1. The van der Waals surface area contributed by atoms with E-state index in [1.54, 1.807) is 0 Å². The van der Waals surface area contributed by atoms with Crippen LogP contribution in [0.5, 0.6) is 0 Å². The number of allylic oxidation sites excluding steroid dienone is 1. The third kappa shape index (κ3) is 2.83. The van der Waals surface area contributed by atoms with E-state index in [0.29, 0.717) is 17.8 Å². The Bertz CT molecular complexity index is 821. The fourth-order valence-electron chi connectivity index (χ4n) is 8.58. The van der Waals surface area contributed by atoms with Crippen molar-refractivity contribution in [3.63, 3.8) is 0 Å². The summed E-state index contributed by atoms with van der Waals surface area (Å²) >= 11 is 0. The fraction of sp³-hybridized carbons (Fsp3) is 0.840. The number of epoxide rings is 1. The van der Waals surface area contributed by atoms with Crippen LogP contribution in [0.15, 0.2) is 11.6 Å². The van der Waals surface area contributed by atoms with Gasteiger partial charge in [0.25, 0.3) is 0 Å². The molecular weight excluding hydrogens is 396 g/mol. The quantitative estimate of drug-likeness (QED) is 0.415. The van der Waals surface area contributed by atoms with Crippen LogP contribution in [-0.4, -0.2) is 47.6 Å². The lowest BCUT2D eigenvalue weighted by atomic mass is 9.46. The van der Waals surface area contributed by atoms with Gasteiger partial charge < -0.3 is 19.3 Å². The minimum atomic E-state index is -0.527. The molecule has 172 valence electrons. The molecule has 9 unspecified atom stereocenters. The smallest absolute Gasteiger partial charge is 0.302 e. The molecule has 4 aliphatic carbocycles. The van der Waals surface area contributed by atoms with Crippen LogP contribution >= 0.6 is 0 Å². The van der Waals surface area contributed by atoms with Crippen LogP contribution in [-0.2, 0) is 23.8 Å². The first-order valence-corrected chi connectivity index (χ1v) is 12.0. The summed E-state index contributed by atoms with van der Waals surface area (Å²) < 4.78 is 17.4. The number of aliphatic hydroxyl groups excluding tert-OH is 1. The normalized spacial score (nSPS) is 48.3. The average Bonchev–Trinajstić information content (AvgIpc) is 3.37. The number of rotatable bonds is 4. The third-order valence-electron chi connectivity index (χ3n) is 9.83. The molecule has 3 saturated carbocycles. The van der Waals surface area contributed by atoms with E-state index >= 15 is 0 Å². The summed E-state index contributed by atoms with van der Waals surface area (Å²) in [4.78, 5) is 23.1. The highest BCUT2D eigenvalue weighted by Gasteiger charge is 2.81. The van der Waals surface area contributed by atoms with Gasteiger partial charge in [0.05, 0.1) is 12.7 Å². The van der Waals surface area contributed by atoms with Gasteiger partial charge in [0.15, 0.2) is 0 Å². The highest BCUT2D eigenvalue weighted by Crippen LogP contribution is 2.74. The minimum absolute atomic E-state index is 0.00821. The second-order valence-corrected chi connectivity index (χ2v) is 11.0. The largest absolute Gasteiger partial charge is 0.462 e. The molecule has 1 aliphatic heterocycles. The van der Waals surface area contributed by atoms with E-state index in [-0.39, 0.29) is 47.7 Å². The Hall–Kier alpha value is -1.40. The molecule has 6 heteroatoms. The Kier molecular flexibility index (Phi) is 4.88. The zero-order valence-corrected chi connectivity index (χ0v) is 19.2. The van der Waals surface area contributed by atoms with Crippen molar-refractivity contribution in [3.8, 4) is 0 Å². The predicted octanol–water partition coefficient (Wildman–Crippen LogP) is 3.55. The lowest BCUT2D eigenvalue weighted by Crippen LogP contribution is -2.58. The Balaban J connectivity index is 1.42. The predicted molar refractivity (Wildman–Crippen MR) is 113 cm³/mol. The number of carbonyl (C=O) groups excluding carboxylic acids is 2. The van der Waals surface area contributed by atoms with E-state index in [1.165, 1.54) is 19.4 Å². The highest BCUT2D eigenvalue weighted by atomic mass is 16.7. The van der Waals surface area contributed by atoms with Crippen molar-refractivity contribution in [2.75, 3.05) is 6.61 Å². The second-order valence-electron chi connectivity index (χ2n) is 11.0. The summed E-state index contributed by atoms with van der Waals surface area (Å²) in [6.45, 7) is 7.37. The standard InChI is InChI=1S/C25H36O6/c1-14(29-15(2)27)25-22(31-25)12-21-19-6-5-17-11-18(30-16(3)28)7-9-23(17,4)20(19)8-10-24(21,25)13-26/h5,14,18-22,26H,6-13H2,1-4H3. The van der Waals surface area contributed by atoms with Crippen LogP contribution in [0.3, 0.4) is 0 Å². The molecular formula is C25H36O6. The summed E-state index contributed by atoms with van der Waals surface area (Å²) in [6, 6.07) is 0. The summed E-state index contributed by atoms with van der Waals surface area (Å²) in [5, 5.41) is 10.7. The number of esters is 2. The van der Waals surface area contributed by atoms with Crippen molar-refractivity contribution in [3.05, 3.63) is 11.6 Å². The lowest BCUT2D eigenvalue weighted by molar-refractivity contribution is -0.166. The molecule has 5 aliphatic rings. The monoisotopic (exact) mass is 432 g/mol. The first kappa shape index (κ1) is 21.4. The molecule has 0 spiro atoms. The molecule has 31 heavy (non-hydrogen) atoms. The molecule has 6 nitrogen and oxygen atoms in total. The van der Waals surface area contributed by atoms with Gasteiger partial charge in [-0.1, -0.05) is 18.6 Å². The SMILES string of the molecule is CC(=O)OC1CCC2(C)C(=CCC3C2CCC2(CO)C3CC3OC32C(C)OC(C)=O)C1. The van der Waals surface area contributed by atoms with Crippen molar-refractivity contribution in [1.29, 1.82) is 0 Å².